The lowest BCUT2D eigenvalue weighted by Gasteiger charge is -2.06. The predicted octanol–water partition coefficient (Wildman–Crippen LogP) is 1.46. The number of hydrogen-bond donors (Lipinski definition) is 0. The molecule has 0 aliphatic heterocycles. The van der Waals surface area contributed by atoms with Crippen LogP contribution < -0.4 is 4.74 Å². The summed E-state index contributed by atoms with van der Waals surface area (Å²) in [5.74, 6) is 2.98. The molecule has 1 aromatic rings. The van der Waals surface area contributed by atoms with Gasteiger partial charge in [-0.05, 0) is 18.2 Å². The molecule has 0 amide bonds. The number of rotatable bonds is 4. The van der Waals surface area contributed by atoms with Crippen molar-refractivity contribution in [2.45, 2.75) is 0 Å². The fourth-order valence-electron chi connectivity index (χ4n) is 0.982. The Balaban J connectivity index is 2.94. The highest BCUT2D eigenvalue weighted by Gasteiger charge is 2.02. The van der Waals surface area contributed by atoms with Crippen LogP contribution in [0.2, 0.25) is 0 Å². The number of ether oxygens (including phenoxy) is 2. The van der Waals surface area contributed by atoms with E-state index in [2.05, 4.69) is 5.92 Å². The van der Waals surface area contributed by atoms with Gasteiger partial charge in [0.1, 0.15) is 12.0 Å². The van der Waals surface area contributed by atoms with Gasteiger partial charge in [0.25, 0.3) is 0 Å². The van der Waals surface area contributed by atoms with Crippen LogP contribution in [0.3, 0.4) is 0 Å². The summed E-state index contributed by atoms with van der Waals surface area (Å²) in [7, 11) is 1.52. The van der Waals surface area contributed by atoms with Crippen molar-refractivity contribution in [1.82, 2.24) is 0 Å². The Labute approximate surface area is 82.6 Å². The molecule has 0 heterocycles. The molecule has 0 atom stereocenters. The number of carbonyl (C=O) groups is 1. The number of carbonyl (C=O) groups excluding carboxylic acids is 1. The van der Waals surface area contributed by atoms with Gasteiger partial charge >= 0.3 is 0 Å². The number of hydrogen-bond acceptors (Lipinski definition) is 3. The summed E-state index contributed by atoms with van der Waals surface area (Å²) in [5.41, 5.74) is 1.08. The quantitative estimate of drug-likeness (QED) is 0.409. The monoisotopic (exact) mass is 190 g/mol. The molecule has 0 bridgehead atoms. The molecule has 0 aliphatic rings. The lowest BCUT2D eigenvalue weighted by molar-refractivity contribution is 0.0509. The molecule has 0 N–H and O–H groups in total. The van der Waals surface area contributed by atoms with Crippen LogP contribution in [0.5, 0.6) is 5.75 Å². The van der Waals surface area contributed by atoms with Crippen molar-refractivity contribution >= 4 is 6.29 Å². The largest absolute Gasteiger partial charge is 0.466 e. The molecule has 1 aromatic carbocycles. The van der Waals surface area contributed by atoms with Crippen LogP contribution in [-0.4, -0.2) is 20.2 Å². The van der Waals surface area contributed by atoms with E-state index < -0.39 is 0 Å². The van der Waals surface area contributed by atoms with E-state index in [1.54, 1.807) is 18.2 Å². The molecule has 3 heteroatoms. The van der Waals surface area contributed by atoms with Crippen LogP contribution in [0.15, 0.2) is 18.2 Å². The minimum atomic E-state index is 0.134. The molecule has 0 aliphatic carbocycles. The molecule has 72 valence electrons. The van der Waals surface area contributed by atoms with Gasteiger partial charge in [-0.2, -0.15) is 0 Å². The van der Waals surface area contributed by atoms with Crippen molar-refractivity contribution in [2.24, 2.45) is 0 Å². The standard InChI is InChI=1S/C11H10O3/c1-3-10-6-9(7-12)4-5-11(10)14-8-13-2/h1,4-7H,8H2,2H3. The third kappa shape index (κ3) is 2.35. The van der Waals surface area contributed by atoms with Gasteiger partial charge in [0.15, 0.2) is 6.79 Å². The van der Waals surface area contributed by atoms with Crippen molar-refractivity contribution in [2.75, 3.05) is 13.9 Å². The highest BCUT2D eigenvalue weighted by molar-refractivity contribution is 5.76. The van der Waals surface area contributed by atoms with Gasteiger partial charge in [-0.25, -0.2) is 0 Å². The second kappa shape index (κ2) is 5.05. The molecule has 0 fully saturated rings. The zero-order valence-electron chi connectivity index (χ0n) is 7.82. The topological polar surface area (TPSA) is 35.5 Å². The molecule has 0 aromatic heterocycles. The lowest BCUT2D eigenvalue weighted by atomic mass is 10.1. The van der Waals surface area contributed by atoms with Gasteiger partial charge in [0.2, 0.25) is 0 Å². The van der Waals surface area contributed by atoms with Crippen LogP contribution >= 0.6 is 0 Å². The molecule has 0 saturated carbocycles. The van der Waals surface area contributed by atoms with Gasteiger partial charge in [-0.1, -0.05) is 5.92 Å². The smallest absolute Gasteiger partial charge is 0.188 e. The van der Waals surface area contributed by atoms with Crippen molar-refractivity contribution < 1.29 is 14.3 Å². The average molecular weight is 190 g/mol. The van der Waals surface area contributed by atoms with Crippen molar-refractivity contribution in [3.05, 3.63) is 29.3 Å². The first-order valence-electron chi connectivity index (χ1n) is 3.99. The van der Waals surface area contributed by atoms with Crippen LogP contribution in [0.25, 0.3) is 0 Å². The van der Waals surface area contributed by atoms with E-state index >= 15 is 0 Å². The third-order valence-corrected chi connectivity index (χ3v) is 1.63. The van der Waals surface area contributed by atoms with Crippen molar-refractivity contribution in [3.63, 3.8) is 0 Å². The highest BCUT2D eigenvalue weighted by atomic mass is 16.7. The van der Waals surface area contributed by atoms with E-state index in [1.807, 2.05) is 0 Å². The molecule has 1 rings (SSSR count). The molecular formula is C11H10O3. The van der Waals surface area contributed by atoms with Crippen molar-refractivity contribution in [1.29, 1.82) is 0 Å². The van der Waals surface area contributed by atoms with Crippen LogP contribution in [0.4, 0.5) is 0 Å². The summed E-state index contributed by atoms with van der Waals surface area (Å²) in [6.07, 6.45) is 6.00. The zero-order chi connectivity index (χ0) is 10.4. The Morgan fingerprint density at radius 1 is 1.57 bits per heavy atom. The Morgan fingerprint density at radius 2 is 2.36 bits per heavy atom. The maximum Gasteiger partial charge on any atom is 0.188 e. The molecule has 14 heavy (non-hydrogen) atoms. The number of benzene rings is 1. The first-order chi connectivity index (χ1) is 6.81. The number of methoxy groups -OCH3 is 1. The maximum absolute atomic E-state index is 10.5. The van der Waals surface area contributed by atoms with Gasteiger partial charge in [0.05, 0.1) is 5.56 Å². The number of aldehydes is 1. The summed E-state index contributed by atoms with van der Waals surface area (Å²) in [6.45, 7) is 0.134. The average Bonchev–Trinajstić information content (AvgIpc) is 2.26. The fraction of sp³-hybridized carbons (Fsp3) is 0.182. The second-order valence-electron chi connectivity index (χ2n) is 2.57. The summed E-state index contributed by atoms with van der Waals surface area (Å²) in [4.78, 5) is 10.5. The summed E-state index contributed by atoms with van der Waals surface area (Å²) >= 11 is 0. The second-order valence-corrected chi connectivity index (χ2v) is 2.57. The zero-order valence-corrected chi connectivity index (χ0v) is 7.82. The van der Waals surface area contributed by atoms with E-state index in [1.165, 1.54) is 7.11 Å². The highest BCUT2D eigenvalue weighted by Crippen LogP contribution is 2.18. The Morgan fingerprint density at radius 3 is 2.93 bits per heavy atom. The van der Waals surface area contributed by atoms with E-state index in [-0.39, 0.29) is 6.79 Å². The van der Waals surface area contributed by atoms with Crippen molar-refractivity contribution in [3.8, 4) is 18.1 Å². The third-order valence-electron chi connectivity index (χ3n) is 1.63. The summed E-state index contributed by atoms with van der Waals surface area (Å²) in [6, 6.07) is 4.88. The Hall–Kier alpha value is -1.79. The summed E-state index contributed by atoms with van der Waals surface area (Å²) in [5, 5.41) is 0. The van der Waals surface area contributed by atoms with Gasteiger partial charge in [-0.15, -0.1) is 6.42 Å². The van der Waals surface area contributed by atoms with Gasteiger partial charge < -0.3 is 9.47 Å². The molecule has 0 saturated heterocycles. The predicted molar refractivity (Wildman–Crippen MR) is 52.3 cm³/mol. The Kier molecular flexibility index (Phi) is 3.71. The van der Waals surface area contributed by atoms with E-state index in [9.17, 15) is 4.79 Å². The van der Waals surface area contributed by atoms with Crippen LogP contribution in [0, 0.1) is 12.3 Å². The first-order valence-corrected chi connectivity index (χ1v) is 3.99. The van der Waals surface area contributed by atoms with E-state index in [0.29, 0.717) is 16.9 Å². The SMILES string of the molecule is C#Cc1cc(C=O)ccc1OCOC. The first kappa shape index (κ1) is 10.3. The minimum Gasteiger partial charge on any atom is -0.466 e. The fourth-order valence-corrected chi connectivity index (χ4v) is 0.982. The van der Waals surface area contributed by atoms with Crippen LogP contribution in [0.1, 0.15) is 15.9 Å². The molecule has 0 unspecified atom stereocenters. The van der Waals surface area contributed by atoms with E-state index in [0.717, 1.165) is 6.29 Å². The summed E-state index contributed by atoms with van der Waals surface area (Å²) < 4.78 is 9.94. The molecule has 3 nitrogen and oxygen atoms in total. The van der Waals surface area contributed by atoms with Gasteiger partial charge in [0, 0.05) is 12.7 Å². The van der Waals surface area contributed by atoms with E-state index in [4.69, 9.17) is 15.9 Å². The maximum atomic E-state index is 10.5. The lowest BCUT2D eigenvalue weighted by Crippen LogP contribution is -2.00. The molecular weight excluding hydrogens is 180 g/mol. The molecule has 0 radical (unpaired) electrons. The Bertz CT molecular complexity index is 363. The normalized spacial score (nSPS) is 9.14. The van der Waals surface area contributed by atoms with Gasteiger partial charge in [-0.3, -0.25) is 4.79 Å². The molecule has 0 spiro atoms. The minimum absolute atomic E-state index is 0.134. The van der Waals surface area contributed by atoms with Crippen LogP contribution in [-0.2, 0) is 4.74 Å². The number of terminal acetylenes is 1.